The number of benzene rings is 4. The normalized spacial score (nSPS) is 11.8. The monoisotopic (exact) mass is 352 g/mol. The minimum Gasteiger partial charge on any atom is -0.478 e. The molecule has 0 heterocycles. The highest BCUT2D eigenvalue weighted by molar-refractivity contribution is 6.12. The van der Waals surface area contributed by atoms with Crippen LogP contribution in [0.25, 0.3) is 32.7 Å². The van der Waals surface area contributed by atoms with Gasteiger partial charge in [0.25, 0.3) is 0 Å². The second-order valence-electron chi connectivity index (χ2n) is 6.79. The van der Waals surface area contributed by atoms with Gasteiger partial charge in [-0.2, -0.15) is 0 Å². The molecule has 0 spiro atoms. The molecule has 4 aromatic rings. The van der Waals surface area contributed by atoms with Gasteiger partial charge in [0.05, 0.1) is 0 Å². The SMILES string of the molecule is CC(=CCc1ccc(-c2c3ccccc3cc3ccccc23)cc1)C(=O)O. The lowest BCUT2D eigenvalue weighted by molar-refractivity contribution is -0.132. The van der Waals surface area contributed by atoms with E-state index in [4.69, 9.17) is 5.11 Å². The zero-order chi connectivity index (χ0) is 18.8. The second-order valence-corrected chi connectivity index (χ2v) is 6.79. The molecular weight excluding hydrogens is 332 g/mol. The van der Waals surface area contributed by atoms with Gasteiger partial charge in [0.15, 0.2) is 0 Å². The quantitative estimate of drug-likeness (QED) is 0.349. The van der Waals surface area contributed by atoms with Crippen LogP contribution < -0.4 is 0 Å². The predicted octanol–water partition coefficient (Wildman–Crippen LogP) is 6.23. The number of carbonyl (C=O) groups is 1. The van der Waals surface area contributed by atoms with E-state index >= 15 is 0 Å². The average molecular weight is 352 g/mol. The van der Waals surface area contributed by atoms with Crippen molar-refractivity contribution in [1.29, 1.82) is 0 Å². The first kappa shape index (κ1) is 17.0. The van der Waals surface area contributed by atoms with Gasteiger partial charge in [0.2, 0.25) is 0 Å². The van der Waals surface area contributed by atoms with Crippen molar-refractivity contribution in [2.24, 2.45) is 0 Å². The number of carboxylic acids is 1. The standard InChI is InChI=1S/C25H20O2/c1-17(25(26)27)10-11-18-12-14-19(15-13-18)24-22-8-4-2-6-20(22)16-21-7-3-5-9-23(21)24/h2-10,12-16H,11H2,1H3,(H,26,27). The third-order valence-corrected chi connectivity index (χ3v) is 5.00. The van der Waals surface area contributed by atoms with Gasteiger partial charge in [-0.15, -0.1) is 0 Å². The van der Waals surface area contributed by atoms with Crippen LogP contribution in [0.2, 0.25) is 0 Å². The molecule has 132 valence electrons. The summed E-state index contributed by atoms with van der Waals surface area (Å²) < 4.78 is 0. The van der Waals surface area contributed by atoms with E-state index in [1.807, 2.05) is 0 Å². The molecule has 0 amide bonds. The number of rotatable bonds is 4. The first-order valence-electron chi connectivity index (χ1n) is 9.03. The van der Waals surface area contributed by atoms with Crippen molar-refractivity contribution in [3.8, 4) is 11.1 Å². The molecule has 27 heavy (non-hydrogen) atoms. The summed E-state index contributed by atoms with van der Waals surface area (Å²) in [5.74, 6) is -0.867. The number of fused-ring (bicyclic) bond motifs is 2. The molecule has 2 heteroatoms. The Hall–Kier alpha value is -3.39. The van der Waals surface area contributed by atoms with Crippen molar-refractivity contribution in [3.05, 3.63) is 96.1 Å². The molecule has 0 unspecified atom stereocenters. The number of allylic oxidation sites excluding steroid dienone is 1. The highest BCUT2D eigenvalue weighted by Gasteiger charge is 2.09. The number of hydrogen-bond acceptors (Lipinski definition) is 1. The zero-order valence-corrected chi connectivity index (χ0v) is 15.1. The smallest absolute Gasteiger partial charge is 0.330 e. The Kier molecular flexibility index (Phi) is 4.47. The van der Waals surface area contributed by atoms with Crippen LogP contribution >= 0.6 is 0 Å². The molecule has 0 fully saturated rings. The van der Waals surface area contributed by atoms with Gasteiger partial charge in [-0.3, -0.25) is 0 Å². The molecule has 0 aliphatic heterocycles. The number of carboxylic acid groups (broad SMARTS) is 1. The van der Waals surface area contributed by atoms with E-state index in [-0.39, 0.29) is 0 Å². The summed E-state index contributed by atoms with van der Waals surface area (Å²) in [5, 5.41) is 13.9. The van der Waals surface area contributed by atoms with Crippen LogP contribution in [-0.2, 0) is 11.2 Å². The van der Waals surface area contributed by atoms with E-state index in [1.54, 1.807) is 13.0 Å². The Morgan fingerprint density at radius 1 is 0.852 bits per heavy atom. The summed E-state index contributed by atoms with van der Waals surface area (Å²) in [6.07, 6.45) is 2.37. The van der Waals surface area contributed by atoms with Crippen molar-refractivity contribution in [3.63, 3.8) is 0 Å². The Morgan fingerprint density at radius 2 is 1.41 bits per heavy atom. The Morgan fingerprint density at radius 3 is 1.96 bits per heavy atom. The molecule has 0 saturated carbocycles. The summed E-state index contributed by atoms with van der Waals surface area (Å²) in [4.78, 5) is 10.9. The zero-order valence-electron chi connectivity index (χ0n) is 15.1. The van der Waals surface area contributed by atoms with Crippen LogP contribution in [0, 0.1) is 0 Å². The van der Waals surface area contributed by atoms with Crippen LogP contribution in [-0.4, -0.2) is 11.1 Å². The Labute approximate surface area is 158 Å². The largest absolute Gasteiger partial charge is 0.478 e. The Balaban J connectivity index is 1.82. The summed E-state index contributed by atoms with van der Waals surface area (Å²) in [7, 11) is 0. The minimum absolute atomic E-state index is 0.374. The second kappa shape index (κ2) is 7.08. The first-order chi connectivity index (χ1) is 13.1. The van der Waals surface area contributed by atoms with Gasteiger partial charge >= 0.3 is 5.97 Å². The van der Waals surface area contributed by atoms with Crippen molar-refractivity contribution in [1.82, 2.24) is 0 Å². The van der Waals surface area contributed by atoms with Crippen molar-refractivity contribution in [2.45, 2.75) is 13.3 Å². The molecule has 0 aliphatic rings. The Bertz CT molecular complexity index is 1110. The molecule has 0 aromatic heterocycles. The molecule has 1 N–H and O–H groups in total. The predicted molar refractivity (Wildman–Crippen MR) is 112 cm³/mol. The highest BCUT2D eigenvalue weighted by Crippen LogP contribution is 2.36. The van der Waals surface area contributed by atoms with Crippen molar-refractivity contribution < 1.29 is 9.90 Å². The van der Waals surface area contributed by atoms with Gasteiger partial charge in [0.1, 0.15) is 0 Å². The van der Waals surface area contributed by atoms with Crippen LogP contribution in [0.4, 0.5) is 0 Å². The van der Waals surface area contributed by atoms with Crippen LogP contribution in [0.1, 0.15) is 12.5 Å². The van der Waals surface area contributed by atoms with Gasteiger partial charge in [0, 0.05) is 5.57 Å². The number of aliphatic carboxylic acids is 1. The lowest BCUT2D eigenvalue weighted by atomic mass is 9.91. The molecule has 4 rings (SSSR count). The fourth-order valence-corrected chi connectivity index (χ4v) is 3.49. The van der Waals surface area contributed by atoms with Gasteiger partial charge in [-0.25, -0.2) is 4.79 Å². The van der Waals surface area contributed by atoms with E-state index in [0.29, 0.717) is 12.0 Å². The van der Waals surface area contributed by atoms with Crippen molar-refractivity contribution in [2.75, 3.05) is 0 Å². The fraction of sp³-hybridized carbons (Fsp3) is 0.0800. The van der Waals surface area contributed by atoms with Gasteiger partial charge < -0.3 is 5.11 Å². The topological polar surface area (TPSA) is 37.3 Å². The van der Waals surface area contributed by atoms with Crippen LogP contribution in [0.3, 0.4) is 0 Å². The van der Waals surface area contributed by atoms with Gasteiger partial charge in [-0.05, 0) is 57.6 Å². The summed E-state index contributed by atoms with van der Waals surface area (Å²) >= 11 is 0. The summed E-state index contributed by atoms with van der Waals surface area (Å²) in [5.41, 5.74) is 3.89. The lowest BCUT2D eigenvalue weighted by Crippen LogP contribution is -1.96. The summed E-state index contributed by atoms with van der Waals surface area (Å²) in [6, 6.07) is 27.6. The molecule has 4 aromatic carbocycles. The molecule has 0 atom stereocenters. The first-order valence-corrected chi connectivity index (χ1v) is 9.03. The molecular formula is C25H20O2. The van der Waals surface area contributed by atoms with E-state index in [2.05, 4.69) is 78.9 Å². The number of hydrogen-bond donors (Lipinski definition) is 1. The molecule has 0 aliphatic carbocycles. The molecule has 0 radical (unpaired) electrons. The maximum atomic E-state index is 10.9. The molecule has 0 bridgehead atoms. The van der Waals surface area contributed by atoms with Crippen LogP contribution in [0.15, 0.2) is 90.5 Å². The fourth-order valence-electron chi connectivity index (χ4n) is 3.49. The molecule has 2 nitrogen and oxygen atoms in total. The maximum absolute atomic E-state index is 10.9. The van der Waals surface area contributed by atoms with E-state index < -0.39 is 5.97 Å². The van der Waals surface area contributed by atoms with E-state index in [9.17, 15) is 4.79 Å². The summed E-state index contributed by atoms with van der Waals surface area (Å²) in [6.45, 7) is 1.62. The average Bonchev–Trinajstić information content (AvgIpc) is 2.70. The van der Waals surface area contributed by atoms with E-state index in [1.165, 1.54) is 32.7 Å². The lowest BCUT2D eigenvalue weighted by Gasteiger charge is -2.12. The maximum Gasteiger partial charge on any atom is 0.330 e. The minimum atomic E-state index is -0.867. The van der Waals surface area contributed by atoms with Crippen LogP contribution in [0.5, 0.6) is 0 Å². The highest BCUT2D eigenvalue weighted by atomic mass is 16.4. The molecule has 0 saturated heterocycles. The van der Waals surface area contributed by atoms with Gasteiger partial charge in [-0.1, -0.05) is 78.9 Å². The van der Waals surface area contributed by atoms with E-state index in [0.717, 1.165) is 5.56 Å². The third-order valence-electron chi connectivity index (χ3n) is 5.00. The van der Waals surface area contributed by atoms with Crippen molar-refractivity contribution >= 4 is 27.5 Å². The third kappa shape index (κ3) is 3.34.